The van der Waals surface area contributed by atoms with Gasteiger partial charge in [-0.05, 0) is 55.4 Å². The molecule has 0 bridgehead atoms. The largest absolute Gasteiger partial charge is 0.478 e. The molecule has 0 atom stereocenters. The van der Waals surface area contributed by atoms with E-state index in [9.17, 15) is 19.5 Å². The Morgan fingerprint density at radius 1 is 1.13 bits per heavy atom. The van der Waals surface area contributed by atoms with Crippen LogP contribution in [0.25, 0.3) is 17.0 Å². The molecule has 7 heteroatoms. The average molecular weight is 420 g/mol. The summed E-state index contributed by atoms with van der Waals surface area (Å²) in [7, 11) is 0. The van der Waals surface area contributed by atoms with Crippen molar-refractivity contribution in [2.24, 2.45) is 0 Å². The zero-order valence-electron chi connectivity index (χ0n) is 16.5. The van der Waals surface area contributed by atoms with Gasteiger partial charge in [0.15, 0.2) is 0 Å². The molecular formula is C23H20N2O4S. The Labute approximate surface area is 177 Å². The van der Waals surface area contributed by atoms with Crippen LogP contribution in [0.4, 0.5) is 4.79 Å². The van der Waals surface area contributed by atoms with Crippen molar-refractivity contribution in [3.8, 4) is 0 Å². The molecular weight excluding hydrogens is 400 g/mol. The third-order valence-electron chi connectivity index (χ3n) is 4.97. The van der Waals surface area contributed by atoms with Crippen molar-refractivity contribution in [2.45, 2.75) is 26.4 Å². The summed E-state index contributed by atoms with van der Waals surface area (Å²) in [6, 6.07) is 14.5. The Balaban J connectivity index is 1.73. The Bertz CT molecular complexity index is 1210. The molecule has 152 valence electrons. The van der Waals surface area contributed by atoms with Crippen molar-refractivity contribution < 1.29 is 19.5 Å². The lowest BCUT2D eigenvalue weighted by atomic mass is 10.1. The van der Waals surface area contributed by atoms with Gasteiger partial charge >= 0.3 is 5.97 Å². The number of aromatic carboxylic acids is 1. The van der Waals surface area contributed by atoms with E-state index in [0.717, 1.165) is 33.8 Å². The van der Waals surface area contributed by atoms with Crippen LogP contribution < -0.4 is 0 Å². The maximum Gasteiger partial charge on any atom is 0.335 e. The third kappa shape index (κ3) is 3.64. The number of carbonyl (C=O) groups is 3. The predicted octanol–water partition coefficient (Wildman–Crippen LogP) is 4.83. The van der Waals surface area contributed by atoms with Gasteiger partial charge in [0.2, 0.25) is 0 Å². The minimum Gasteiger partial charge on any atom is -0.478 e. The Kier molecular flexibility index (Phi) is 5.22. The normalized spacial score (nSPS) is 15.7. The van der Waals surface area contributed by atoms with E-state index in [0.29, 0.717) is 11.4 Å². The number of hydrogen-bond acceptors (Lipinski definition) is 4. The number of carboxylic acids is 1. The summed E-state index contributed by atoms with van der Waals surface area (Å²) < 4.78 is 2.02. The molecule has 1 aromatic heterocycles. The predicted molar refractivity (Wildman–Crippen MR) is 117 cm³/mol. The molecule has 1 aliphatic heterocycles. The van der Waals surface area contributed by atoms with Crippen molar-refractivity contribution >= 4 is 45.9 Å². The van der Waals surface area contributed by atoms with E-state index in [1.807, 2.05) is 54.9 Å². The van der Waals surface area contributed by atoms with Crippen molar-refractivity contribution in [3.63, 3.8) is 0 Å². The van der Waals surface area contributed by atoms with Crippen LogP contribution in [0, 0.1) is 0 Å². The number of nitrogens with zero attached hydrogens (tertiary/aromatic N) is 2. The third-order valence-corrected chi connectivity index (χ3v) is 5.86. The molecule has 0 unspecified atom stereocenters. The van der Waals surface area contributed by atoms with Crippen LogP contribution in [0.3, 0.4) is 0 Å². The molecule has 2 aromatic carbocycles. The van der Waals surface area contributed by atoms with Gasteiger partial charge in [-0.25, -0.2) is 4.79 Å². The van der Waals surface area contributed by atoms with E-state index in [4.69, 9.17) is 0 Å². The Morgan fingerprint density at radius 3 is 2.60 bits per heavy atom. The molecule has 1 aliphatic rings. The number of carboxylic acid groups (broad SMARTS) is 1. The van der Waals surface area contributed by atoms with Crippen LogP contribution in [0.5, 0.6) is 0 Å². The summed E-state index contributed by atoms with van der Waals surface area (Å²) in [5.74, 6) is -1.23. The van der Waals surface area contributed by atoms with Gasteiger partial charge in [-0.15, -0.1) is 0 Å². The summed E-state index contributed by atoms with van der Waals surface area (Å²) in [5, 5.41) is 9.94. The molecule has 1 saturated heterocycles. The van der Waals surface area contributed by atoms with Crippen LogP contribution in [-0.4, -0.2) is 37.7 Å². The lowest BCUT2D eigenvalue weighted by molar-refractivity contribution is -0.123. The second-order valence-electron chi connectivity index (χ2n) is 7.38. The number of aromatic nitrogens is 1. The summed E-state index contributed by atoms with van der Waals surface area (Å²) >= 11 is 0.956. The number of hydrogen-bond donors (Lipinski definition) is 1. The van der Waals surface area contributed by atoms with Gasteiger partial charge in [0.05, 0.1) is 10.5 Å². The quantitative estimate of drug-likeness (QED) is 0.598. The number of fused-ring (bicyclic) bond motifs is 1. The molecule has 6 nitrogen and oxygen atoms in total. The zero-order chi connectivity index (χ0) is 21.4. The molecule has 0 radical (unpaired) electrons. The second kappa shape index (κ2) is 7.84. The highest BCUT2D eigenvalue weighted by atomic mass is 32.2. The van der Waals surface area contributed by atoms with E-state index in [1.165, 1.54) is 4.90 Å². The minimum atomic E-state index is -0.962. The van der Waals surface area contributed by atoms with E-state index in [1.54, 1.807) is 24.3 Å². The first-order chi connectivity index (χ1) is 14.3. The number of benzene rings is 2. The number of para-hydroxylation sites is 1. The standard InChI is InChI=1S/C23H20N2O4S/c1-14(2)25-21(26)20(30-23(25)29)11-17-13-24(19-9-4-3-8-18(17)19)12-15-6-5-7-16(10-15)22(27)28/h3-11,13-14H,12H2,1-2H3,(H,27,28)/b20-11+. The van der Waals surface area contributed by atoms with Crippen LogP contribution in [0.1, 0.15) is 35.3 Å². The molecule has 1 N–H and O–H groups in total. The van der Waals surface area contributed by atoms with Gasteiger partial charge in [0.1, 0.15) is 0 Å². The Hall–Kier alpha value is -3.32. The Morgan fingerprint density at radius 2 is 1.90 bits per heavy atom. The fourth-order valence-electron chi connectivity index (χ4n) is 3.59. The molecule has 1 fully saturated rings. The number of imide groups is 1. The number of amides is 2. The number of thioether (sulfide) groups is 1. The maximum absolute atomic E-state index is 12.7. The summed E-state index contributed by atoms with van der Waals surface area (Å²) in [6.07, 6.45) is 3.70. The van der Waals surface area contributed by atoms with E-state index in [-0.39, 0.29) is 22.8 Å². The smallest absolute Gasteiger partial charge is 0.335 e. The first-order valence-corrected chi connectivity index (χ1v) is 10.3. The molecule has 0 spiro atoms. The lowest BCUT2D eigenvalue weighted by Crippen LogP contribution is -2.34. The van der Waals surface area contributed by atoms with Gasteiger partial charge in [0, 0.05) is 35.2 Å². The van der Waals surface area contributed by atoms with Crippen LogP contribution >= 0.6 is 11.8 Å². The fourth-order valence-corrected chi connectivity index (χ4v) is 4.54. The van der Waals surface area contributed by atoms with Gasteiger partial charge in [0.25, 0.3) is 11.1 Å². The van der Waals surface area contributed by atoms with Gasteiger partial charge in [-0.3, -0.25) is 14.5 Å². The SMILES string of the molecule is CC(C)N1C(=O)S/C(=C/c2cn(Cc3cccc(C(=O)O)c3)c3ccccc23)C1=O. The highest BCUT2D eigenvalue weighted by molar-refractivity contribution is 8.18. The molecule has 0 aliphatic carbocycles. The second-order valence-corrected chi connectivity index (χ2v) is 8.37. The van der Waals surface area contributed by atoms with Crippen LogP contribution in [-0.2, 0) is 11.3 Å². The minimum absolute atomic E-state index is 0.189. The summed E-state index contributed by atoms with van der Waals surface area (Å²) in [6.45, 7) is 4.12. The van der Waals surface area contributed by atoms with Crippen LogP contribution in [0.15, 0.2) is 59.6 Å². The number of rotatable bonds is 5. The highest BCUT2D eigenvalue weighted by Gasteiger charge is 2.36. The van der Waals surface area contributed by atoms with Crippen molar-refractivity contribution in [1.29, 1.82) is 0 Å². The molecule has 2 amide bonds. The van der Waals surface area contributed by atoms with Crippen molar-refractivity contribution in [2.75, 3.05) is 0 Å². The monoisotopic (exact) mass is 420 g/mol. The highest BCUT2D eigenvalue weighted by Crippen LogP contribution is 2.35. The zero-order valence-corrected chi connectivity index (χ0v) is 17.3. The fraction of sp³-hybridized carbons (Fsp3) is 0.174. The first kappa shape index (κ1) is 20.0. The molecule has 4 rings (SSSR count). The van der Waals surface area contributed by atoms with E-state index in [2.05, 4.69) is 0 Å². The first-order valence-electron chi connectivity index (χ1n) is 9.52. The average Bonchev–Trinajstić information content (AvgIpc) is 3.19. The molecule has 30 heavy (non-hydrogen) atoms. The van der Waals surface area contributed by atoms with Gasteiger partial charge < -0.3 is 9.67 Å². The summed E-state index contributed by atoms with van der Waals surface area (Å²) in [4.78, 5) is 37.8. The molecule has 0 saturated carbocycles. The summed E-state index contributed by atoms with van der Waals surface area (Å²) in [5.41, 5.74) is 2.91. The van der Waals surface area contributed by atoms with Gasteiger partial charge in [-0.2, -0.15) is 0 Å². The molecule has 2 heterocycles. The van der Waals surface area contributed by atoms with E-state index >= 15 is 0 Å². The maximum atomic E-state index is 12.7. The van der Waals surface area contributed by atoms with E-state index < -0.39 is 5.97 Å². The lowest BCUT2D eigenvalue weighted by Gasteiger charge is -2.16. The van der Waals surface area contributed by atoms with Crippen LogP contribution in [0.2, 0.25) is 0 Å². The topological polar surface area (TPSA) is 79.6 Å². The molecule has 3 aromatic rings. The van der Waals surface area contributed by atoms with Gasteiger partial charge in [-0.1, -0.05) is 30.3 Å². The van der Waals surface area contributed by atoms with Crippen molar-refractivity contribution in [1.82, 2.24) is 9.47 Å². The van der Waals surface area contributed by atoms with Crippen molar-refractivity contribution in [3.05, 3.63) is 76.3 Å². The number of carbonyl (C=O) groups excluding carboxylic acids is 2.